The van der Waals surface area contributed by atoms with Gasteiger partial charge in [-0.25, -0.2) is 4.98 Å². The molecule has 2 aromatic rings. The molecule has 2 N–H and O–H groups in total. The van der Waals surface area contributed by atoms with Gasteiger partial charge in [-0.2, -0.15) is 0 Å². The summed E-state index contributed by atoms with van der Waals surface area (Å²) >= 11 is 0. The van der Waals surface area contributed by atoms with Gasteiger partial charge in [0.1, 0.15) is 18.1 Å². The molecule has 0 saturated heterocycles. The third-order valence-electron chi connectivity index (χ3n) is 3.26. The van der Waals surface area contributed by atoms with Crippen LogP contribution in [0.2, 0.25) is 0 Å². The largest absolute Gasteiger partial charge is 0.490 e. The maximum absolute atomic E-state index is 11.0. The molecule has 98 valence electrons. The van der Waals surface area contributed by atoms with Crippen molar-refractivity contribution in [3.63, 3.8) is 0 Å². The van der Waals surface area contributed by atoms with E-state index in [1.165, 1.54) is 6.26 Å². The summed E-state index contributed by atoms with van der Waals surface area (Å²) in [5.41, 5.74) is 7.25. The zero-order chi connectivity index (χ0) is 13.4. The van der Waals surface area contributed by atoms with Crippen LogP contribution in [0.15, 0.2) is 28.9 Å². The second kappa shape index (κ2) is 4.42. The van der Waals surface area contributed by atoms with Crippen LogP contribution in [0.4, 0.5) is 0 Å². The number of benzene rings is 1. The van der Waals surface area contributed by atoms with E-state index in [4.69, 9.17) is 14.9 Å². The van der Waals surface area contributed by atoms with Crippen molar-refractivity contribution in [2.24, 2.45) is 5.73 Å². The lowest BCUT2D eigenvalue weighted by Crippen LogP contribution is -2.10. The number of rotatable bonds is 3. The normalized spacial score (nSPS) is 17.0. The highest BCUT2D eigenvalue weighted by Crippen LogP contribution is 2.33. The van der Waals surface area contributed by atoms with Crippen LogP contribution in [0, 0.1) is 0 Å². The molecule has 19 heavy (non-hydrogen) atoms. The van der Waals surface area contributed by atoms with Gasteiger partial charge < -0.3 is 14.9 Å². The Kier molecular flexibility index (Phi) is 2.74. The lowest BCUT2D eigenvalue weighted by molar-refractivity contribution is 0.0995. The third kappa shape index (κ3) is 2.07. The molecule has 0 spiro atoms. The number of amides is 1. The van der Waals surface area contributed by atoms with Crippen molar-refractivity contribution in [2.45, 2.75) is 25.9 Å². The van der Waals surface area contributed by atoms with Crippen molar-refractivity contribution in [3.8, 4) is 17.2 Å². The topological polar surface area (TPSA) is 78.4 Å². The number of oxazole rings is 1. The Hall–Kier alpha value is -2.30. The minimum absolute atomic E-state index is 0.137. The van der Waals surface area contributed by atoms with E-state index in [2.05, 4.69) is 11.9 Å². The smallest absolute Gasteiger partial charge is 0.270 e. The van der Waals surface area contributed by atoms with E-state index in [1.807, 2.05) is 18.2 Å². The molecular weight excluding hydrogens is 244 g/mol. The van der Waals surface area contributed by atoms with Gasteiger partial charge in [0, 0.05) is 12.0 Å². The molecule has 1 aromatic carbocycles. The van der Waals surface area contributed by atoms with Crippen molar-refractivity contribution in [3.05, 3.63) is 35.7 Å². The zero-order valence-electron chi connectivity index (χ0n) is 10.6. The number of hydrogen-bond acceptors (Lipinski definition) is 4. The standard InChI is InChI=1S/C14H14N2O3/c1-2-10-6-9-5-8(3-4-12(9)19-10)14-16-11(7-18-14)13(15)17/h3-5,7,10H,2,6H2,1H3,(H2,15,17). The molecule has 1 atom stereocenters. The van der Waals surface area contributed by atoms with Crippen LogP contribution in [0.3, 0.4) is 0 Å². The molecule has 0 saturated carbocycles. The van der Waals surface area contributed by atoms with Crippen molar-refractivity contribution in [2.75, 3.05) is 0 Å². The summed E-state index contributed by atoms with van der Waals surface area (Å²) < 4.78 is 11.0. The SMILES string of the molecule is CCC1Cc2cc(-c3nc(C(N)=O)co3)ccc2O1. The number of hydrogen-bond donors (Lipinski definition) is 1. The summed E-state index contributed by atoms with van der Waals surface area (Å²) in [5.74, 6) is 0.722. The molecule has 1 unspecified atom stereocenters. The molecule has 5 nitrogen and oxygen atoms in total. The first-order valence-corrected chi connectivity index (χ1v) is 6.22. The lowest BCUT2D eigenvalue weighted by Gasteiger charge is -2.05. The molecule has 1 amide bonds. The maximum Gasteiger partial charge on any atom is 0.270 e. The highest BCUT2D eigenvalue weighted by atomic mass is 16.5. The van der Waals surface area contributed by atoms with Gasteiger partial charge >= 0.3 is 0 Å². The van der Waals surface area contributed by atoms with Crippen LogP contribution in [0.5, 0.6) is 5.75 Å². The highest BCUT2D eigenvalue weighted by molar-refractivity contribution is 5.90. The number of nitrogens with two attached hydrogens (primary N) is 1. The van der Waals surface area contributed by atoms with E-state index < -0.39 is 5.91 Å². The molecule has 0 radical (unpaired) electrons. The quantitative estimate of drug-likeness (QED) is 0.914. The Morgan fingerprint density at radius 3 is 3.05 bits per heavy atom. The molecule has 0 fully saturated rings. The number of carbonyl (C=O) groups is 1. The molecule has 0 bridgehead atoms. The Morgan fingerprint density at radius 1 is 1.53 bits per heavy atom. The number of primary amides is 1. The van der Waals surface area contributed by atoms with Gasteiger partial charge in [-0.15, -0.1) is 0 Å². The van der Waals surface area contributed by atoms with Crippen LogP contribution >= 0.6 is 0 Å². The fourth-order valence-corrected chi connectivity index (χ4v) is 2.20. The molecule has 3 rings (SSSR count). The second-order valence-electron chi connectivity index (χ2n) is 4.58. The van der Waals surface area contributed by atoms with Crippen LogP contribution < -0.4 is 10.5 Å². The summed E-state index contributed by atoms with van der Waals surface area (Å²) in [4.78, 5) is 15.1. The average Bonchev–Trinajstić information content (AvgIpc) is 3.04. The fourth-order valence-electron chi connectivity index (χ4n) is 2.20. The molecule has 5 heteroatoms. The summed E-state index contributed by atoms with van der Waals surface area (Å²) in [6.45, 7) is 2.10. The van der Waals surface area contributed by atoms with Crippen LogP contribution in [0.1, 0.15) is 29.4 Å². The molecule has 0 aliphatic carbocycles. The Balaban J connectivity index is 1.92. The van der Waals surface area contributed by atoms with Gasteiger partial charge in [-0.3, -0.25) is 4.79 Å². The Morgan fingerprint density at radius 2 is 2.37 bits per heavy atom. The molecule has 1 aromatic heterocycles. The number of ether oxygens (including phenoxy) is 1. The van der Waals surface area contributed by atoms with Gasteiger partial charge in [-0.05, 0) is 30.2 Å². The predicted molar refractivity (Wildman–Crippen MR) is 68.9 cm³/mol. The zero-order valence-corrected chi connectivity index (χ0v) is 10.6. The molecule has 1 aliphatic rings. The minimum Gasteiger partial charge on any atom is -0.490 e. The Labute approximate surface area is 110 Å². The number of carbonyl (C=O) groups excluding carboxylic acids is 1. The first-order chi connectivity index (χ1) is 9.17. The van der Waals surface area contributed by atoms with E-state index in [0.29, 0.717) is 5.89 Å². The minimum atomic E-state index is -0.592. The molecule has 2 heterocycles. The predicted octanol–water partition coefficient (Wildman–Crippen LogP) is 2.15. The van der Waals surface area contributed by atoms with Gasteiger partial charge in [-0.1, -0.05) is 6.92 Å². The molecule has 1 aliphatic heterocycles. The Bertz CT molecular complexity index is 633. The summed E-state index contributed by atoms with van der Waals surface area (Å²) in [5, 5.41) is 0. The van der Waals surface area contributed by atoms with Crippen molar-refractivity contribution in [1.82, 2.24) is 4.98 Å². The second-order valence-corrected chi connectivity index (χ2v) is 4.58. The summed E-state index contributed by atoms with van der Waals surface area (Å²) in [6.07, 6.45) is 3.39. The first-order valence-electron chi connectivity index (χ1n) is 6.22. The van der Waals surface area contributed by atoms with E-state index in [0.717, 1.165) is 29.7 Å². The fraction of sp³-hybridized carbons (Fsp3) is 0.286. The number of nitrogens with zero attached hydrogens (tertiary/aromatic N) is 1. The van der Waals surface area contributed by atoms with Gasteiger partial charge in [0.05, 0.1) is 0 Å². The van der Waals surface area contributed by atoms with E-state index in [9.17, 15) is 4.79 Å². The molecular formula is C14H14N2O3. The van der Waals surface area contributed by atoms with Gasteiger partial charge in [0.25, 0.3) is 5.91 Å². The maximum atomic E-state index is 11.0. The first kappa shape index (κ1) is 11.8. The van der Waals surface area contributed by atoms with Crippen LogP contribution in [-0.4, -0.2) is 17.0 Å². The summed E-state index contributed by atoms with van der Waals surface area (Å²) in [6, 6.07) is 5.77. The third-order valence-corrected chi connectivity index (χ3v) is 3.26. The summed E-state index contributed by atoms with van der Waals surface area (Å²) in [7, 11) is 0. The van der Waals surface area contributed by atoms with Crippen molar-refractivity contribution >= 4 is 5.91 Å². The van der Waals surface area contributed by atoms with E-state index in [-0.39, 0.29) is 11.8 Å². The number of fused-ring (bicyclic) bond motifs is 1. The average molecular weight is 258 g/mol. The number of aromatic nitrogens is 1. The van der Waals surface area contributed by atoms with Crippen molar-refractivity contribution < 1.29 is 13.9 Å². The highest BCUT2D eigenvalue weighted by Gasteiger charge is 2.22. The van der Waals surface area contributed by atoms with Crippen molar-refractivity contribution in [1.29, 1.82) is 0 Å². The van der Waals surface area contributed by atoms with E-state index in [1.54, 1.807) is 0 Å². The van der Waals surface area contributed by atoms with E-state index >= 15 is 0 Å². The van der Waals surface area contributed by atoms with Gasteiger partial charge in [0.15, 0.2) is 5.69 Å². The monoisotopic (exact) mass is 258 g/mol. The van der Waals surface area contributed by atoms with Gasteiger partial charge in [0.2, 0.25) is 5.89 Å². The lowest BCUT2D eigenvalue weighted by atomic mass is 10.1. The van der Waals surface area contributed by atoms with Crippen LogP contribution in [0.25, 0.3) is 11.5 Å². The van der Waals surface area contributed by atoms with Crippen LogP contribution in [-0.2, 0) is 6.42 Å².